The molecule has 0 radical (unpaired) electrons. The number of nitrogens with two attached hydrogens (primary N) is 1. The summed E-state index contributed by atoms with van der Waals surface area (Å²) in [5.41, 5.74) is 3.40. The lowest BCUT2D eigenvalue weighted by Crippen LogP contribution is -2.10. The Bertz CT molecular complexity index is 580. The molecule has 0 aliphatic heterocycles. The van der Waals surface area contributed by atoms with Gasteiger partial charge >= 0.3 is 0 Å². The molecule has 2 aromatic rings. The average Bonchev–Trinajstić information content (AvgIpc) is 2.79. The van der Waals surface area contributed by atoms with Gasteiger partial charge in [-0.25, -0.2) is 10.1 Å². The number of ether oxygens (including phenoxy) is 1. The number of hydrogen-bond acceptors (Lipinski definition) is 7. The summed E-state index contributed by atoms with van der Waals surface area (Å²) in [5.74, 6) is 6.33. The summed E-state index contributed by atoms with van der Waals surface area (Å²) in [7, 11) is 0. The smallest absolute Gasteiger partial charge is 0.263 e. The molecule has 0 aliphatic rings. The minimum atomic E-state index is 0.0914. The minimum absolute atomic E-state index is 0.0914. The zero-order valence-corrected chi connectivity index (χ0v) is 10.3. The molecule has 19 heavy (non-hydrogen) atoms. The van der Waals surface area contributed by atoms with E-state index in [1.165, 1.54) is 17.1 Å². The molecule has 1 aromatic heterocycles. The van der Waals surface area contributed by atoms with E-state index in [1.54, 1.807) is 18.3 Å². The molecule has 1 aromatic carbocycles. The van der Waals surface area contributed by atoms with Crippen molar-refractivity contribution in [3.63, 3.8) is 0 Å². The third-order valence-corrected chi connectivity index (χ3v) is 2.23. The number of anilines is 1. The van der Waals surface area contributed by atoms with E-state index in [0.717, 1.165) is 5.56 Å². The molecule has 0 aliphatic carbocycles. The van der Waals surface area contributed by atoms with Crippen LogP contribution in [0.15, 0.2) is 29.6 Å². The van der Waals surface area contributed by atoms with Crippen LogP contribution in [0, 0.1) is 0 Å². The maximum Gasteiger partial charge on any atom is 0.263 e. The molecule has 0 unspecified atom stereocenters. The summed E-state index contributed by atoms with van der Waals surface area (Å²) in [5, 5.41) is 20.8. The zero-order valence-electron chi connectivity index (χ0n) is 10.3. The van der Waals surface area contributed by atoms with Gasteiger partial charge in [0.05, 0.1) is 12.8 Å². The number of nitrogen functional groups attached to an aromatic ring is 1. The second-order valence-corrected chi connectivity index (χ2v) is 3.59. The van der Waals surface area contributed by atoms with Gasteiger partial charge in [0, 0.05) is 0 Å². The predicted molar refractivity (Wildman–Crippen MR) is 70.7 cm³/mol. The molecule has 0 fully saturated rings. The largest absolute Gasteiger partial charge is 0.504 e. The van der Waals surface area contributed by atoms with E-state index in [2.05, 4.69) is 20.7 Å². The Labute approximate surface area is 109 Å². The highest BCUT2D eigenvalue weighted by Crippen LogP contribution is 2.26. The zero-order chi connectivity index (χ0) is 13.7. The number of phenolic OH excluding ortho intramolecular Hbond substituents is 1. The van der Waals surface area contributed by atoms with Gasteiger partial charge in [-0.2, -0.15) is 5.10 Å². The van der Waals surface area contributed by atoms with E-state index < -0.39 is 0 Å². The Hall–Kier alpha value is -2.77. The van der Waals surface area contributed by atoms with Crippen molar-refractivity contribution in [3.05, 3.63) is 30.1 Å². The first-order valence-electron chi connectivity index (χ1n) is 5.60. The number of rotatable bonds is 5. The van der Waals surface area contributed by atoms with Crippen molar-refractivity contribution < 1.29 is 9.84 Å². The number of phenols is 1. The highest BCUT2D eigenvalue weighted by atomic mass is 16.5. The second-order valence-electron chi connectivity index (χ2n) is 3.59. The summed E-state index contributed by atoms with van der Waals surface area (Å²) >= 11 is 0. The third kappa shape index (κ3) is 3.12. The molecule has 100 valence electrons. The SMILES string of the molecule is CCOc1cc(/C=N\Nc2nncn2N)ccc1O. The normalized spacial score (nSPS) is 10.8. The summed E-state index contributed by atoms with van der Waals surface area (Å²) in [6.07, 6.45) is 2.91. The molecule has 0 saturated carbocycles. The molecule has 8 nitrogen and oxygen atoms in total. The monoisotopic (exact) mass is 262 g/mol. The van der Waals surface area contributed by atoms with Gasteiger partial charge in [-0.1, -0.05) is 0 Å². The van der Waals surface area contributed by atoms with E-state index in [-0.39, 0.29) is 5.75 Å². The maximum absolute atomic E-state index is 9.55. The molecular weight excluding hydrogens is 248 g/mol. The van der Waals surface area contributed by atoms with Gasteiger partial charge in [0.1, 0.15) is 6.33 Å². The molecule has 8 heteroatoms. The lowest BCUT2D eigenvalue weighted by atomic mass is 10.2. The minimum Gasteiger partial charge on any atom is -0.504 e. The average molecular weight is 262 g/mol. The van der Waals surface area contributed by atoms with E-state index in [0.29, 0.717) is 18.3 Å². The highest BCUT2D eigenvalue weighted by molar-refractivity contribution is 5.81. The van der Waals surface area contributed by atoms with Gasteiger partial charge in [-0.05, 0) is 30.7 Å². The first-order chi connectivity index (χ1) is 9.20. The Morgan fingerprint density at radius 2 is 2.42 bits per heavy atom. The number of nitrogens with one attached hydrogen (secondary N) is 1. The van der Waals surface area contributed by atoms with Gasteiger partial charge in [-0.15, -0.1) is 10.2 Å². The number of benzene rings is 1. The van der Waals surface area contributed by atoms with Crippen LogP contribution in [-0.2, 0) is 0 Å². The van der Waals surface area contributed by atoms with E-state index in [4.69, 9.17) is 10.6 Å². The molecule has 0 spiro atoms. The quantitative estimate of drug-likeness (QED) is 0.412. The molecule has 0 saturated heterocycles. The molecule has 0 amide bonds. The Morgan fingerprint density at radius 3 is 3.11 bits per heavy atom. The molecule has 2 rings (SSSR count). The first-order valence-corrected chi connectivity index (χ1v) is 5.60. The van der Waals surface area contributed by atoms with Crippen LogP contribution in [0.4, 0.5) is 5.95 Å². The van der Waals surface area contributed by atoms with Crippen molar-refractivity contribution in [1.82, 2.24) is 14.9 Å². The van der Waals surface area contributed by atoms with Gasteiger partial charge in [0.15, 0.2) is 11.5 Å². The molecule has 0 bridgehead atoms. The van der Waals surface area contributed by atoms with Gasteiger partial charge in [0.2, 0.25) is 0 Å². The lowest BCUT2D eigenvalue weighted by Gasteiger charge is -2.05. The standard InChI is InChI=1S/C11H14N6O2/c1-2-19-10-5-8(3-4-9(10)18)6-13-15-11-16-14-7-17(11)12/h3-7,18H,2,12H2,1H3,(H,15,16)/b13-6-. The highest BCUT2D eigenvalue weighted by Gasteiger charge is 2.02. The van der Waals surface area contributed by atoms with Crippen molar-refractivity contribution in [2.45, 2.75) is 6.92 Å². The van der Waals surface area contributed by atoms with Crippen LogP contribution in [-0.4, -0.2) is 32.8 Å². The van der Waals surface area contributed by atoms with Crippen LogP contribution in [0.2, 0.25) is 0 Å². The fourth-order valence-corrected chi connectivity index (χ4v) is 1.37. The number of hydrazone groups is 1. The number of aromatic nitrogens is 3. The fraction of sp³-hybridized carbons (Fsp3) is 0.182. The Morgan fingerprint density at radius 1 is 1.58 bits per heavy atom. The van der Waals surface area contributed by atoms with Gasteiger partial charge in [0.25, 0.3) is 5.95 Å². The predicted octanol–water partition coefficient (Wildman–Crippen LogP) is 0.542. The summed E-state index contributed by atoms with van der Waals surface area (Å²) < 4.78 is 6.48. The van der Waals surface area contributed by atoms with Crippen LogP contribution >= 0.6 is 0 Å². The van der Waals surface area contributed by atoms with E-state index >= 15 is 0 Å². The van der Waals surface area contributed by atoms with Crippen molar-refractivity contribution in [2.75, 3.05) is 17.9 Å². The van der Waals surface area contributed by atoms with Crippen LogP contribution in [0.1, 0.15) is 12.5 Å². The maximum atomic E-state index is 9.55. The molecular formula is C11H14N6O2. The van der Waals surface area contributed by atoms with Crippen molar-refractivity contribution >= 4 is 12.2 Å². The summed E-state index contributed by atoms with van der Waals surface area (Å²) in [6, 6.07) is 4.92. The summed E-state index contributed by atoms with van der Waals surface area (Å²) in [4.78, 5) is 0. The van der Waals surface area contributed by atoms with Crippen molar-refractivity contribution in [3.8, 4) is 11.5 Å². The third-order valence-electron chi connectivity index (χ3n) is 2.23. The van der Waals surface area contributed by atoms with Crippen LogP contribution < -0.4 is 16.0 Å². The number of aromatic hydroxyl groups is 1. The van der Waals surface area contributed by atoms with E-state index in [1.807, 2.05) is 6.92 Å². The molecule has 1 heterocycles. The van der Waals surface area contributed by atoms with Crippen LogP contribution in [0.25, 0.3) is 0 Å². The van der Waals surface area contributed by atoms with Crippen molar-refractivity contribution in [2.24, 2.45) is 5.10 Å². The van der Waals surface area contributed by atoms with Crippen molar-refractivity contribution in [1.29, 1.82) is 0 Å². The van der Waals surface area contributed by atoms with Gasteiger partial charge < -0.3 is 15.7 Å². The Balaban J connectivity index is 2.06. The number of hydrogen-bond donors (Lipinski definition) is 3. The topological polar surface area (TPSA) is 111 Å². The Kier molecular flexibility index (Phi) is 3.81. The number of nitrogens with zero attached hydrogens (tertiary/aromatic N) is 4. The van der Waals surface area contributed by atoms with Crippen LogP contribution in [0.5, 0.6) is 11.5 Å². The van der Waals surface area contributed by atoms with Crippen LogP contribution in [0.3, 0.4) is 0 Å². The van der Waals surface area contributed by atoms with Gasteiger partial charge in [-0.3, -0.25) is 0 Å². The first kappa shape index (κ1) is 12.7. The fourth-order valence-electron chi connectivity index (χ4n) is 1.37. The lowest BCUT2D eigenvalue weighted by molar-refractivity contribution is 0.318. The molecule has 4 N–H and O–H groups in total. The van der Waals surface area contributed by atoms with E-state index in [9.17, 15) is 5.11 Å². The second kappa shape index (κ2) is 5.71. The summed E-state index contributed by atoms with van der Waals surface area (Å²) in [6.45, 7) is 2.32. The molecule has 0 atom stereocenters.